The molecule has 1 saturated heterocycles. The van der Waals surface area contributed by atoms with Crippen LogP contribution in [0.15, 0.2) is 35.5 Å². The van der Waals surface area contributed by atoms with Gasteiger partial charge < -0.3 is 9.94 Å². The molecule has 1 fully saturated rings. The topological polar surface area (TPSA) is 74.2 Å². The summed E-state index contributed by atoms with van der Waals surface area (Å²) in [4.78, 5) is 12.5. The standard InChI is InChI=1S/C16H23N3O3S2/c1-3-5-11-19-16(18-21)24(23)14(15(20)22-4-2)13(17-19)12-9-7-6-8-10-12/h6-10,13-14,17,21H,3-5,11H2,1-2H3. The van der Waals surface area contributed by atoms with Gasteiger partial charge in [-0.2, -0.15) is 0 Å². The van der Waals surface area contributed by atoms with Crippen molar-refractivity contribution in [3.63, 3.8) is 0 Å². The van der Waals surface area contributed by atoms with E-state index in [2.05, 4.69) is 17.5 Å². The van der Waals surface area contributed by atoms with Crippen molar-refractivity contribution in [2.24, 2.45) is 5.16 Å². The molecule has 0 radical (unpaired) electrons. The number of esters is 1. The van der Waals surface area contributed by atoms with E-state index in [4.69, 9.17) is 15.9 Å². The third-order valence-corrected chi connectivity index (χ3v) is 6.39. The van der Waals surface area contributed by atoms with Crippen molar-refractivity contribution in [3.8, 4) is 0 Å². The summed E-state index contributed by atoms with van der Waals surface area (Å²) in [6.45, 7) is 4.80. The predicted molar refractivity (Wildman–Crippen MR) is 98.3 cm³/mol. The zero-order valence-corrected chi connectivity index (χ0v) is 15.5. The number of nitrogens with zero attached hydrogens (tertiary/aromatic N) is 2. The normalized spacial score (nSPS) is 25.7. The van der Waals surface area contributed by atoms with Crippen LogP contribution in [0.1, 0.15) is 38.3 Å². The van der Waals surface area contributed by atoms with Crippen LogP contribution in [0.3, 0.4) is 0 Å². The van der Waals surface area contributed by atoms with Gasteiger partial charge in [-0.1, -0.05) is 48.8 Å². The van der Waals surface area contributed by atoms with Crippen molar-refractivity contribution >= 4 is 31.8 Å². The van der Waals surface area contributed by atoms with Gasteiger partial charge in [0.05, 0.1) is 12.6 Å². The molecular weight excluding hydrogens is 346 g/mol. The Morgan fingerprint density at radius 3 is 2.71 bits per heavy atom. The van der Waals surface area contributed by atoms with Crippen molar-refractivity contribution in [3.05, 3.63) is 35.9 Å². The molecule has 1 aliphatic rings. The number of amidine groups is 1. The molecule has 1 heterocycles. The van der Waals surface area contributed by atoms with E-state index >= 15 is 0 Å². The first-order valence-corrected chi connectivity index (χ1v) is 10.2. The number of nitrogens with one attached hydrogen (secondary N) is 1. The minimum absolute atomic E-state index is 0.286. The summed E-state index contributed by atoms with van der Waals surface area (Å²) in [5.41, 5.74) is 4.26. The van der Waals surface area contributed by atoms with E-state index in [-0.39, 0.29) is 18.6 Å². The van der Waals surface area contributed by atoms with Crippen LogP contribution in [0.2, 0.25) is 0 Å². The van der Waals surface area contributed by atoms with E-state index in [1.165, 1.54) is 0 Å². The van der Waals surface area contributed by atoms with Crippen LogP contribution in [0.4, 0.5) is 0 Å². The zero-order chi connectivity index (χ0) is 17.5. The lowest BCUT2D eigenvalue weighted by atomic mass is 10.0. The molecule has 8 heteroatoms. The van der Waals surface area contributed by atoms with Gasteiger partial charge in [0.1, 0.15) is 5.25 Å². The number of carbonyl (C=O) groups excluding carboxylic acids is 1. The highest BCUT2D eigenvalue weighted by Gasteiger charge is 2.42. The Bertz CT molecular complexity index is 610. The molecule has 24 heavy (non-hydrogen) atoms. The summed E-state index contributed by atoms with van der Waals surface area (Å²) >= 11 is 5.58. The maximum absolute atomic E-state index is 12.5. The zero-order valence-electron chi connectivity index (χ0n) is 13.8. The fourth-order valence-electron chi connectivity index (χ4n) is 2.56. The molecular formula is C16H23N3O3S2. The first kappa shape index (κ1) is 18.8. The second kappa shape index (κ2) is 9.10. The van der Waals surface area contributed by atoms with E-state index in [9.17, 15) is 10.0 Å². The smallest absolute Gasteiger partial charge is 0.321 e. The highest BCUT2D eigenvalue weighted by Crippen LogP contribution is 2.28. The molecule has 2 rings (SSSR count). The molecule has 0 amide bonds. The third-order valence-electron chi connectivity index (χ3n) is 3.74. The van der Waals surface area contributed by atoms with E-state index < -0.39 is 14.7 Å². The lowest BCUT2D eigenvalue weighted by Gasteiger charge is -2.40. The second-order valence-corrected chi connectivity index (χ2v) is 7.92. The summed E-state index contributed by atoms with van der Waals surface area (Å²) in [5, 5.41) is 14.3. The van der Waals surface area contributed by atoms with Crippen LogP contribution in [0, 0.1) is 0 Å². The number of ether oxygens (including phenoxy) is 1. The van der Waals surface area contributed by atoms with Crippen molar-refractivity contribution in [2.75, 3.05) is 13.2 Å². The van der Waals surface area contributed by atoms with Crippen molar-refractivity contribution in [1.82, 2.24) is 10.4 Å². The van der Waals surface area contributed by atoms with Crippen LogP contribution in [-0.2, 0) is 30.2 Å². The molecule has 0 saturated carbocycles. The van der Waals surface area contributed by atoms with Crippen LogP contribution < -0.4 is 5.43 Å². The van der Waals surface area contributed by atoms with E-state index in [0.29, 0.717) is 11.7 Å². The molecule has 3 atom stereocenters. The molecule has 1 aliphatic heterocycles. The number of hydrogen-bond donors (Lipinski definition) is 2. The van der Waals surface area contributed by atoms with Crippen LogP contribution in [0.25, 0.3) is 0 Å². The third kappa shape index (κ3) is 4.12. The molecule has 0 aromatic heterocycles. The van der Waals surface area contributed by atoms with Gasteiger partial charge in [0, 0.05) is 6.54 Å². The minimum Gasteiger partial charge on any atom is -0.465 e. The lowest BCUT2D eigenvalue weighted by molar-refractivity contribution is -0.143. The molecule has 6 nitrogen and oxygen atoms in total. The first-order chi connectivity index (χ1) is 11.6. The molecule has 1 aromatic carbocycles. The Morgan fingerprint density at radius 1 is 1.42 bits per heavy atom. The van der Waals surface area contributed by atoms with Gasteiger partial charge in [0.15, 0.2) is 0 Å². The first-order valence-electron chi connectivity index (χ1n) is 8.01. The molecule has 2 N–H and O–H groups in total. The van der Waals surface area contributed by atoms with Gasteiger partial charge in [-0.15, -0.1) is 0 Å². The number of rotatable bonds is 6. The van der Waals surface area contributed by atoms with Crippen molar-refractivity contribution < 1.29 is 14.7 Å². The van der Waals surface area contributed by atoms with Crippen molar-refractivity contribution in [1.29, 1.82) is 0 Å². The molecule has 132 valence electrons. The van der Waals surface area contributed by atoms with Gasteiger partial charge in [-0.05, 0) is 39.6 Å². The quantitative estimate of drug-likeness (QED) is 0.454. The maximum atomic E-state index is 12.5. The second-order valence-electron chi connectivity index (χ2n) is 5.38. The highest BCUT2D eigenvalue weighted by atomic mass is 32.8. The average Bonchev–Trinajstić information content (AvgIpc) is 2.60. The lowest BCUT2D eigenvalue weighted by Crippen LogP contribution is -2.59. The Hall–Kier alpha value is -1.51. The number of benzene rings is 1. The Kier molecular flexibility index (Phi) is 7.14. The van der Waals surface area contributed by atoms with E-state index in [1.54, 1.807) is 11.9 Å². The van der Waals surface area contributed by atoms with E-state index in [0.717, 1.165) is 18.4 Å². The van der Waals surface area contributed by atoms with Gasteiger partial charge in [0.2, 0.25) is 5.17 Å². The van der Waals surface area contributed by atoms with E-state index in [1.807, 2.05) is 30.3 Å². The molecule has 0 bridgehead atoms. The summed E-state index contributed by atoms with van der Waals surface area (Å²) in [6.07, 6.45) is 1.92. The van der Waals surface area contributed by atoms with Crippen LogP contribution in [0.5, 0.6) is 0 Å². The Labute approximate surface area is 149 Å². The number of hydrazine groups is 1. The molecule has 0 aliphatic carbocycles. The molecule has 3 unspecified atom stereocenters. The van der Waals surface area contributed by atoms with Gasteiger partial charge in [-0.3, -0.25) is 9.80 Å². The molecule has 0 spiro atoms. The largest absolute Gasteiger partial charge is 0.465 e. The number of oxime groups is 1. The summed E-state index contributed by atoms with van der Waals surface area (Å²) < 4.78 is 5.22. The average molecular weight is 370 g/mol. The number of unbranched alkanes of at least 4 members (excludes halogenated alkanes) is 1. The predicted octanol–water partition coefficient (Wildman–Crippen LogP) is 2.11. The minimum atomic E-state index is -0.989. The maximum Gasteiger partial charge on any atom is 0.321 e. The Balaban J connectivity index is 2.38. The fraction of sp³-hybridized carbons (Fsp3) is 0.500. The highest BCUT2D eigenvalue weighted by molar-refractivity contribution is 8.38. The summed E-state index contributed by atoms with van der Waals surface area (Å²) in [5.74, 6) is -0.367. The Morgan fingerprint density at radius 2 is 2.12 bits per heavy atom. The van der Waals surface area contributed by atoms with Gasteiger partial charge in [0.25, 0.3) is 0 Å². The summed E-state index contributed by atoms with van der Waals surface area (Å²) in [6, 6.07) is 9.37. The summed E-state index contributed by atoms with van der Waals surface area (Å²) in [7, 11) is -0.989. The number of carbonyl (C=O) groups is 1. The number of hydrogen-bond acceptors (Lipinski definition) is 6. The van der Waals surface area contributed by atoms with Crippen LogP contribution >= 0.6 is 0 Å². The van der Waals surface area contributed by atoms with Crippen LogP contribution in [-0.4, -0.2) is 39.8 Å². The fourth-order valence-corrected chi connectivity index (χ4v) is 4.88. The monoisotopic (exact) mass is 369 g/mol. The van der Waals surface area contributed by atoms with Gasteiger partial charge in [-0.25, -0.2) is 5.43 Å². The SMILES string of the molecule is CCCCN1NC(c2ccccc2)C(C(=O)OCC)S(=S)C1=NO. The van der Waals surface area contributed by atoms with Gasteiger partial charge >= 0.3 is 5.97 Å². The molecule has 1 aromatic rings. The van der Waals surface area contributed by atoms with Crippen molar-refractivity contribution in [2.45, 2.75) is 38.0 Å².